The molecule has 3 aromatic rings. The second-order valence-electron chi connectivity index (χ2n) is 6.42. The number of carbonyl (C=O) groups excluding carboxylic acids is 1. The molecular formula is C22H22N2O3. The van der Waals surface area contributed by atoms with Gasteiger partial charge in [0.15, 0.2) is 0 Å². The van der Waals surface area contributed by atoms with Crippen molar-refractivity contribution in [3.05, 3.63) is 94.3 Å². The molecule has 138 valence electrons. The van der Waals surface area contributed by atoms with Gasteiger partial charge in [-0.25, -0.2) is 0 Å². The van der Waals surface area contributed by atoms with Gasteiger partial charge >= 0.3 is 0 Å². The van der Waals surface area contributed by atoms with E-state index in [1.165, 1.54) is 4.90 Å². The Morgan fingerprint density at radius 2 is 1.63 bits per heavy atom. The van der Waals surface area contributed by atoms with Crippen LogP contribution < -0.4 is 5.56 Å². The molecule has 0 saturated heterocycles. The van der Waals surface area contributed by atoms with Crippen molar-refractivity contribution < 1.29 is 9.90 Å². The maximum absolute atomic E-state index is 12.6. The molecule has 0 spiro atoms. The summed E-state index contributed by atoms with van der Waals surface area (Å²) in [6.07, 6.45) is -0.258. The average Bonchev–Trinajstić information content (AvgIpc) is 2.72. The van der Waals surface area contributed by atoms with Crippen LogP contribution in [0.5, 0.6) is 0 Å². The van der Waals surface area contributed by atoms with E-state index in [-0.39, 0.29) is 11.5 Å². The first-order valence-corrected chi connectivity index (χ1v) is 8.83. The Labute approximate surface area is 157 Å². The molecule has 1 amide bonds. The van der Waals surface area contributed by atoms with E-state index in [0.717, 1.165) is 11.1 Å². The topological polar surface area (TPSA) is 73.4 Å². The van der Waals surface area contributed by atoms with Crippen molar-refractivity contribution in [2.75, 3.05) is 13.6 Å². The molecule has 3 rings (SSSR count). The van der Waals surface area contributed by atoms with Crippen LogP contribution in [0.2, 0.25) is 0 Å². The Kier molecular flexibility index (Phi) is 5.84. The fourth-order valence-corrected chi connectivity index (χ4v) is 2.89. The zero-order chi connectivity index (χ0) is 19.2. The number of aliphatic hydroxyl groups excluding tert-OH is 1. The highest BCUT2D eigenvalue weighted by Crippen LogP contribution is 2.17. The number of nitrogens with one attached hydrogen (secondary N) is 1. The van der Waals surface area contributed by atoms with Crippen molar-refractivity contribution in [1.29, 1.82) is 0 Å². The summed E-state index contributed by atoms with van der Waals surface area (Å²) in [5.41, 5.74) is 2.03. The molecule has 0 bridgehead atoms. The van der Waals surface area contributed by atoms with Crippen molar-refractivity contribution >= 4 is 5.91 Å². The van der Waals surface area contributed by atoms with Crippen LogP contribution in [-0.2, 0) is 0 Å². The number of nitrogens with zero attached hydrogens (tertiary/aromatic N) is 1. The number of hydrogen-bond acceptors (Lipinski definition) is 3. The lowest BCUT2D eigenvalue weighted by Gasteiger charge is -2.19. The molecule has 2 aromatic carbocycles. The van der Waals surface area contributed by atoms with Crippen LogP contribution >= 0.6 is 0 Å². The second kappa shape index (κ2) is 8.47. The zero-order valence-electron chi connectivity index (χ0n) is 15.1. The van der Waals surface area contributed by atoms with Gasteiger partial charge in [0, 0.05) is 19.3 Å². The van der Waals surface area contributed by atoms with Crippen LogP contribution in [0.25, 0.3) is 11.3 Å². The molecule has 0 fully saturated rings. The SMILES string of the molecule is CN(CC[C@H](O)c1ccccc1)C(=O)c1ccc(-c2ccccc2)[nH]c1=O. The molecule has 0 saturated carbocycles. The van der Waals surface area contributed by atoms with Crippen molar-refractivity contribution in [1.82, 2.24) is 9.88 Å². The Hall–Kier alpha value is -3.18. The molecule has 27 heavy (non-hydrogen) atoms. The summed E-state index contributed by atoms with van der Waals surface area (Å²) in [5.74, 6) is -0.365. The maximum Gasteiger partial charge on any atom is 0.261 e. The number of rotatable bonds is 6. The molecule has 0 aliphatic rings. The highest BCUT2D eigenvalue weighted by atomic mass is 16.3. The van der Waals surface area contributed by atoms with Gasteiger partial charge in [-0.2, -0.15) is 0 Å². The lowest BCUT2D eigenvalue weighted by atomic mass is 10.1. The Bertz CT molecular complexity index is 952. The lowest BCUT2D eigenvalue weighted by molar-refractivity contribution is 0.0759. The van der Waals surface area contributed by atoms with E-state index >= 15 is 0 Å². The van der Waals surface area contributed by atoms with E-state index < -0.39 is 11.7 Å². The van der Waals surface area contributed by atoms with E-state index in [1.54, 1.807) is 19.2 Å². The first-order valence-electron chi connectivity index (χ1n) is 8.83. The Morgan fingerprint density at radius 3 is 2.26 bits per heavy atom. The van der Waals surface area contributed by atoms with E-state index in [2.05, 4.69) is 4.98 Å². The molecule has 0 aliphatic carbocycles. The fraction of sp³-hybridized carbons (Fsp3) is 0.182. The Morgan fingerprint density at radius 1 is 1.00 bits per heavy atom. The average molecular weight is 362 g/mol. The number of aromatic nitrogens is 1. The quantitative estimate of drug-likeness (QED) is 0.707. The van der Waals surface area contributed by atoms with Crippen molar-refractivity contribution in [3.8, 4) is 11.3 Å². The van der Waals surface area contributed by atoms with Crippen molar-refractivity contribution in [2.45, 2.75) is 12.5 Å². The largest absolute Gasteiger partial charge is 0.388 e. The minimum atomic E-state index is -0.653. The highest BCUT2D eigenvalue weighted by Gasteiger charge is 2.17. The van der Waals surface area contributed by atoms with Gasteiger partial charge in [0.05, 0.1) is 6.10 Å². The number of benzene rings is 2. The number of hydrogen-bond donors (Lipinski definition) is 2. The first-order chi connectivity index (χ1) is 13.1. The minimum Gasteiger partial charge on any atom is -0.388 e. The fourth-order valence-electron chi connectivity index (χ4n) is 2.89. The van der Waals surface area contributed by atoms with Gasteiger partial charge in [-0.05, 0) is 29.7 Å². The predicted octanol–water partition coefficient (Wildman–Crippen LogP) is 3.24. The van der Waals surface area contributed by atoms with Crippen LogP contribution in [-0.4, -0.2) is 34.5 Å². The van der Waals surface area contributed by atoms with Crippen LogP contribution in [0.15, 0.2) is 77.6 Å². The molecule has 0 unspecified atom stereocenters. The number of carbonyl (C=O) groups is 1. The summed E-state index contributed by atoms with van der Waals surface area (Å²) in [4.78, 5) is 29.2. The third kappa shape index (κ3) is 4.51. The summed E-state index contributed by atoms with van der Waals surface area (Å²) in [7, 11) is 1.63. The summed E-state index contributed by atoms with van der Waals surface area (Å²) in [5, 5.41) is 10.2. The van der Waals surface area contributed by atoms with E-state index in [4.69, 9.17) is 0 Å². The van der Waals surface area contributed by atoms with Gasteiger partial charge in [0.25, 0.3) is 11.5 Å². The molecular weight excluding hydrogens is 340 g/mol. The third-order valence-electron chi connectivity index (χ3n) is 4.49. The van der Waals surface area contributed by atoms with Crippen LogP contribution in [0.1, 0.15) is 28.4 Å². The van der Waals surface area contributed by atoms with Crippen molar-refractivity contribution in [2.24, 2.45) is 0 Å². The van der Waals surface area contributed by atoms with Gasteiger partial charge in [-0.3, -0.25) is 9.59 Å². The standard InChI is InChI=1S/C22H22N2O3/c1-24(15-14-20(25)17-10-6-3-7-11-17)22(27)18-12-13-19(23-21(18)26)16-8-4-2-5-9-16/h2-13,20,25H,14-15H2,1H3,(H,23,26)/t20-/m0/s1. The first kappa shape index (κ1) is 18.6. The third-order valence-corrected chi connectivity index (χ3v) is 4.49. The van der Waals surface area contributed by atoms with Gasteiger partial charge in [-0.1, -0.05) is 60.7 Å². The number of pyridine rings is 1. The number of H-pyrrole nitrogens is 1. The van der Waals surface area contributed by atoms with E-state index in [0.29, 0.717) is 18.7 Å². The van der Waals surface area contributed by atoms with E-state index in [9.17, 15) is 14.7 Å². The summed E-state index contributed by atoms with van der Waals surface area (Å²) in [6.45, 7) is 0.342. The zero-order valence-corrected chi connectivity index (χ0v) is 15.1. The second-order valence-corrected chi connectivity index (χ2v) is 6.42. The maximum atomic E-state index is 12.6. The van der Waals surface area contributed by atoms with Crippen molar-refractivity contribution in [3.63, 3.8) is 0 Å². The summed E-state index contributed by atoms with van der Waals surface area (Å²) in [6, 6.07) is 22.0. The van der Waals surface area contributed by atoms with Gasteiger partial charge in [0.1, 0.15) is 5.56 Å². The Balaban J connectivity index is 1.67. The molecule has 1 heterocycles. The highest BCUT2D eigenvalue weighted by molar-refractivity contribution is 5.93. The molecule has 0 radical (unpaired) electrons. The van der Waals surface area contributed by atoms with E-state index in [1.807, 2.05) is 60.7 Å². The number of aromatic amines is 1. The smallest absolute Gasteiger partial charge is 0.261 e. The monoisotopic (exact) mass is 362 g/mol. The summed E-state index contributed by atoms with van der Waals surface area (Å²) >= 11 is 0. The predicted molar refractivity (Wildman–Crippen MR) is 105 cm³/mol. The van der Waals surface area contributed by atoms with Gasteiger partial charge in [0.2, 0.25) is 0 Å². The normalized spacial score (nSPS) is 11.8. The van der Waals surface area contributed by atoms with Crippen LogP contribution in [0, 0.1) is 0 Å². The molecule has 1 aromatic heterocycles. The molecule has 0 aliphatic heterocycles. The number of aliphatic hydroxyl groups is 1. The molecule has 2 N–H and O–H groups in total. The molecule has 5 heteroatoms. The number of amides is 1. The minimum absolute atomic E-state index is 0.0892. The lowest BCUT2D eigenvalue weighted by Crippen LogP contribution is -2.33. The van der Waals surface area contributed by atoms with Gasteiger partial charge in [-0.15, -0.1) is 0 Å². The summed E-state index contributed by atoms with van der Waals surface area (Å²) < 4.78 is 0. The molecule has 5 nitrogen and oxygen atoms in total. The van der Waals surface area contributed by atoms with Crippen LogP contribution in [0.4, 0.5) is 0 Å². The van der Waals surface area contributed by atoms with Gasteiger partial charge < -0.3 is 15.0 Å². The van der Waals surface area contributed by atoms with Crippen LogP contribution in [0.3, 0.4) is 0 Å². The molecule has 1 atom stereocenters.